The predicted molar refractivity (Wildman–Crippen MR) is 106 cm³/mol. The number of halogens is 1. The fraction of sp³-hybridized carbons (Fsp3) is 0.263. The monoisotopic (exact) mass is 390 g/mol. The van der Waals surface area contributed by atoms with Gasteiger partial charge in [-0.2, -0.15) is 0 Å². The van der Waals surface area contributed by atoms with E-state index in [9.17, 15) is 9.18 Å². The van der Waals surface area contributed by atoms with E-state index in [-0.39, 0.29) is 11.7 Å². The number of hydrogen-bond donors (Lipinski definition) is 1. The molecule has 7 heteroatoms. The number of nitrogens with one attached hydrogen (secondary N) is 1. The van der Waals surface area contributed by atoms with E-state index in [4.69, 9.17) is 4.74 Å². The number of rotatable bonds is 8. The van der Waals surface area contributed by atoms with Gasteiger partial charge in [0.15, 0.2) is 5.13 Å². The lowest BCUT2D eigenvalue weighted by molar-refractivity contribution is -0.116. The summed E-state index contributed by atoms with van der Waals surface area (Å²) in [4.78, 5) is 17.5. The molecule has 0 fully saturated rings. The van der Waals surface area contributed by atoms with Crippen LogP contribution in [0, 0.1) is 5.82 Å². The van der Waals surface area contributed by atoms with Crippen molar-refractivity contribution in [3.63, 3.8) is 0 Å². The number of thioether (sulfide) groups is 1. The molecule has 3 aromatic rings. The van der Waals surface area contributed by atoms with Crippen LogP contribution in [-0.4, -0.2) is 23.3 Å². The highest BCUT2D eigenvalue weighted by Crippen LogP contribution is 2.29. The molecule has 4 nitrogen and oxygen atoms in total. The molecule has 1 N–H and O–H groups in total. The summed E-state index contributed by atoms with van der Waals surface area (Å²) in [5, 5.41) is 3.46. The van der Waals surface area contributed by atoms with Crippen molar-refractivity contribution in [2.45, 2.75) is 24.7 Å². The Labute approximate surface area is 159 Å². The molecular formula is C19H19FN2O2S2. The van der Waals surface area contributed by atoms with Crippen molar-refractivity contribution >= 4 is 44.4 Å². The summed E-state index contributed by atoms with van der Waals surface area (Å²) in [6, 6.07) is 12.1. The Bertz CT molecular complexity index is 881. The summed E-state index contributed by atoms with van der Waals surface area (Å²) in [5.41, 5.74) is 0.848. The quantitative estimate of drug-likeness (QED) is 0.416. The van der Waals surface area contributed by atoms with E-state index in [0.717, 1.165) is 33.0 Å². The first-order valence-corrected chi connectivity index (χ1v) is 10.2. The van der Waals surface area contributed by atoms with E-state index in [2.05, 4.69) is 10.3 Å². The van der Waals surface area contributed by atoms with Gasteiger partial charge >= 0.3 is 0 Å². The summed E-state index contributed by atoms with van der Waals surface area (Å²) in [6.07, 6.45) is 1.17. The highest BCUT2D eigenvalue weighted by Gasteiger charge is 2.09. The standard InChI is InChI=1S/C19H19FN2O2S2/c1-2-24-14-7-10-16-17(12-14)26-19(21-16)22-18(23)4-3-11-25-15-8-5-13(20)6-9-15/h5-10,12H,2-4,11H2,1H3,(H,21,22,23). The number of anilines is 1. The zero-order valence-electron chi connectivity index (χ0n) is 14.3. The third-order valence-electron chi connectivity index (χ3n) is 3.55. The van der Waals surface area contributed by atoms with Crippen LogP contribution in [0.4, 0.5) is 9.52 Å². The van der Waals surface area contributed by atoms with Crippen LogP contribution in [0.1, 0.15) is 19.8 Å². The van der Waals surface area contributed by atoms with Crippen LogP contribution in [0.2, 0.25) is 0 Å². The van der Waals surface area contributed by atoms with Crippen LogP contribution in [-0.2, 0) is 4.79 Å². The molecule has 0 bridgehead atoms. The van der Waals surface area contributed by atoms with Gasteiger partial charge in [0, 0.05) is 11.3 Å². The summed E-state index contributed by atoms with van der Waals surface area (Å²) in [6.45, 7) is 2.56. The lowest BCUT2D eigenvalue weighted by Gasteiger charge is -2.02. The molecule has 0 atom stereocenters. The van der Waals surface area contributed by atoms with Gasteiger partial charge in [-0.15, -0.1) is 11.8 Å². The van der Waals surface area contributed by atoms with Crippen LogP contribution in [0.3, 0.4) is 0 Å². The van der Waals surface area contributed by atoms with Gasteiger partial charge in [0.1, 0.15) is 11.6 Å². The Morgan fingerprint density at radius 3 is 2.85 bits per heavy atom. The van der Waals surface area contributed by atoms with Crippen molar-refractivity contribution in [2.24, 2.45) is 0 Å². The average molecular weight is 391 g/mol. The Morgan fingerprint density at radius 2 is 2.08 bits per heavy atom. The lowest BCUT2D eigenvalue weighted by atomic mass is 10.3. The van der Waals surface area contributed by atoms with E-state index in [1.165, 1.54) is 23.5 Å². The van der Waals surface area contributed by atoms with E-state index >= 15 is 0 Å². The Hall–Kier alpha value is -2.12. The van der Waals surface area contributed by atoms with E-state index in [1.54, 1.807) is 23.9 Å². The van der Waals surface area contributed by atoms with Gasteiger partial charge in [-0.25, -0.2) is 9.37 Å². The van der Waals surface area contributed by atoms with Crippen LogP contribution in [0.5, 0.6) is 5.75 Å². The molecule has 3 rings (SSSR count). The number of amides is 1. The molecule has 0 radical (unpaired) electrons. The Balaban J connectivity index is 1.46. The third-order valence-corrected chi connectivity index (χ3v) is 5.58. The van der Waals surface area contributed by atoms with Gasteiger partial charge in [-0.1, -0.05) is 11.3 Å². The van der Waals surface area contributed by atoms with E-state index in [1.807, 2.05) is 25.1 Å². The largest absolute Gasteiger partial charge is 0.494 e. The van der Waals surface area contributed by atoms with Gasteiger partial charge < -0.3 is 10.1 Å². The predicted octanol–water partition coefficient (Wildman–Crippen LogP) is 5.35. The minimum atomic E-state index is -0.238. The average Bonchev–Trinajstić information content (AvgIpc) is 3.02. The number of benzene rings is 2. The zero-order valence-corrected chi connectivity index (χ0v) is 16.0. The van der Waals surface area contributed by atoms with Crippen molar-refractivity contribution in [1.82, 2.24) is 4.98 Å². The summed E-state index contributed by atoms with van der Waals surface area (Å²) in [7, 11) is 0. The number of nitrogens with zero attached hydrogens (tertiary/aromatic N) is 1. The minimum absolute atomic E-state index is 0.0474. The second kappa shape index (κ2) is 9.00. The molecule has 0 unspecified atom stereocenters. The molecule has 2 aromatic carbocycles. The zero-order chi connectivity index (χ0) is 18.4. The number of carbonyl (C=O) groups is 1. The minimum Gasteiger partial charge on any atom is -0.494 e. The van der Waals surface area contributed by atoms with Crippen LogP contribution in [0.15, 0.2) is 47.4 Å². The summed E-state index contributed by atoms with van der Waals surface area (Å²) < 4.78 is 19.3. The maximum absolute atomic E-state index is 12.9. The van der Waals surface area contributed by atoms with Crippen LogP contribution in [0.25, 0.3) is 10.2 Å². The SMILES string of the molecule is CCOc1ccc2nc(NC(=O)CCCSc3ccc(F)cc3)sc2c1. The van der Waals surface area contributed by atoms with Crippen molar-refractivity contribution in [3.8, 4) is 5.75 Å². The van der Waals surface area contributed by atoms with Crippen LogP contribution >= 0.6 is 23.1 Å². The first-order chi connectivity index (χ1) is 12.6. The van der Waals surface area contributed by atoms with Gasteiger partial charge in [-0.3, -0.25) is 4.79 Å². The van der Waals surface area contributed by atoms with Gasteiger partial charge in [0.05, 0.1) is 16.8 Å². The molecule has 0 spiro atoms. The van der Waals surface area contributed by atoms with Crippen molar-refractivity contribution < 1.29 is 13.9 Å². The summed E-state index contributed by atoms with van der Waals surface area (Å²) in [5.74, 6) is 1.32. The second-order valence-corrected chi connectivity index (χ2v) is 7.73. The number of ether oxygens (including phenoxy) is 1. The Morgan fingerprint density at radius 1 is 1.27 bits per heavy atom. The number of carbonyl (C=O) groups excluding carboxylic acids is 1. The van der Waals surface area contributed by atoms with Gasteiger partial charge in [0.2, 0.25) is 5.91 Å². The molecule has 1 heterocycles. The van der Waals surface area contributed by atoms with Gasteiger partial charge in [-0.05, 0) is 61.6 Å². The molecule has 0 aliphatic carbocycles. The van der Waals surface area contributed by atoms with Crippen LogP contribution < -0.4 is 10.1 Å². The molecule has 0 saturated heterocycles. The Kier molecular flexibility index (Phi) is 6.46. The molecule has 1 amide bonds. The fourth-order valence-electron chi connectivity index (χ4n) is 2.35. The maximum Gasteiger partial charge on any atom is 0.226 e. The van der Waals surface area contributed by atoms with E-state index < -0.39 is 0 Å². The normalized spacial score (nSPS) is 10.8. The third kappa shape index (κ3) is 5.19. The van der Waals surface area contributed by atoms with Gasteiger partial charge in [0.25, 0.3) is 0 Å². The molecule has 136 valence electrons. The second-order valence-electron chi connectivity index (χ2n) is 5.54. The maximum atomic E-state index is 12.9. The number of thiazole rings is 1. The fourth-order valence-corrected chi connectivity index (χ4v) is 4.11. The number of hydrogen-bond acceptors (Lipinski definition) is 5. The number of fused-ring (bicyclic) bond motifs is 1. The first-order valence-electron chi connectivity index (χ1n) is 8.35. The van der Waals surface area contributed by atoms with Crippen molar-refractivity contribution in [3.05, 3.63) is 48.3 Å². The highest BCUT2D eigenvalue weighted by molar-refractivity contribution is 7.99. The highest BCUT2D eigenvalue weighted by atomic mass is 32.2. The topological polar surface area (TPSA) is 51.2 Å². The number of aromatic nitrogens is 1. The molecule has 1 aromatic heterocycles. The first kappa shape index (κ1) is 18.7. The molecular weight excluding hydrogens is 371 g/mol. The van der Waals surface area contributed by atoms with E-state index in [0.29, 0.717) is 18.2 Å². The molecule has 0 aliphatic rings. The van der Waals surface area contributed by atoms with Crippen molar-refractivity contribution in [1.29, 1.82) is 0 Å². The molecule has 0 saturated carbocycles. The van der Waals surface area contributed by atoms with Crippen molar-refractivity contribution in [2.75, 3.05) is 17.7 Å². The summed E-state index contributed by atoms with van der Waals surface area (Å²) >= 11 is 3.05. The smallest absolute Gasteiger partial charge is 0.226 e. The molecule has 26 heavy (non-hydrogen) atoms. The lowest BCUT2D eigenvalue weighted by Crippen LogP contribution is -2.11. The molecule has 0 aliphatic heterocycles.